The normalized spacial score (nSPS) is 12.8. The zero-order valence-corrected chi connectivity index (χ0v) is 17.5. The average Bonchev–Trinajstić information content (AvgIpc) is 2.81. The fourth-order valence-corrected chi connectivity index (χ4v) is 3.25. The van der Waals surface area contributed by atoms with Crippen LogP contribution in [0, 0.1) is 0 Å². The number of nitrogens with one attached hydrogen (secondary N) is 1. The fraction of sp³-hybridized carbons (Fsp3) is 0.667. The number of ether oxygens (including phenoxy) is 2. The molecule has 0 fully saturated rings. The van der Waals surface area contributed by atoms with E-state index in [1.807, 2.05) is 4.57 Å². The van der Waals surface area contributed by atoms with Gasteiger partial charge in [0.1, 0.15) is 17.4 Å². The van der Waals surface area contributed by atoms with E-state index in [2.05, 4.69) is 45.9 Å². The quantitative estimate of drug-likeness (QED) is 0.376. The molecule has 0 aliphatic carbocycles. The molecule has 1 aromatic heterocycles. The summed E-state index contributed by atoms with van der Waals surface area (Å²) in [7, 11) is 0.159. The lowest BCUT2D eigenvalue weighted by Crippen LogP contribution is -2.42. The number of hydrogen-bond donors (Lipinski definition) is 1. The Morgan fingerprint density at radius 2 is 2.08 bits per heavy atom. The molecular weight excluding hydrogens is 394 g/mol. The van der Waals surface area contributed by atoms with E-state index in [0.717, 1.165) is 11.7 Å². The van der Waals surface area contributed by atoms with Crippen LogP contribution in [-0.4, -0.2) is 49.3 Å². The maximum atomic E-state index is 11.9. The fourth-order valence-electron chi connectivity index (χ4n) is 2.01. The molecule has 0 unspecified atom stereocenters. The van der Waals surface area contributed by atoms with Crippen LogP contribution in [0.4, 0.5) is 0 Å². The lowest BCUT2D eigenvalue weighted by atomic mass is 10.1. The number of carbonyl (C=O) groups is 2. The summed E-state index contributed by atoms with van der Waals surface area (Å²) < 4.78 is 12.9. The zero-order chi connectivity index (χ0) is 18.3. The van der Waals surface area contributed by atoms with Gasteiger partial charge in [0.05, 0.1) is 19.1 Å². The van der Waals surface area contributed by atoms with E-state index in [-0.39, 0.29) is 12.3 Å². The van der Waals surface area contributed by atoms with Crippen molar-refractivity contribution in [2.45, 2.75) is 51.8 Å². The van der Waals surface area contributed by atoms with Gasteiger partial charge in [-0.15, -0.1) is 0 Å². The first-order valence-electron chi connectivity index (χ1n) is 7.76. The maximum Gasteiger partial charge on any atom is 0.328 e. The highest BCUT2D eigenvalue weighted by molar-refractivity contribution is 9.10. The highest BCUT2D eigenvalue weighted by Crippen LogP contribution is 2.18. The summed E-state index contributed by atoms with van der Waals surface area (Å²) >= 11 is 3.38. The molecule has 1 heterocycles. The molecule has 0 aliphatic heterocycles. The van der Waals surface area contributed by atoms with Gasteiger partial charge in [0.15, 0.2) is 0 Å². The molecule has 0 saturated carbocycles. The molecule has 0 radical (unpaired) electrons. The molecular formula is C15H26BrN3O4Si. The summed E-state index contributed by atoms with van der Waals surface area (Å²) in [5.74, 6) is -0.788. The van der Waals surface area contributed by atoms with Crippen LogP contribution in [-0.2, 0) is 32.2 Å². The minimum atomic E-state index is -1.14. The zero-order valence-electron chi connectivity index (χ0n) is 14.9. The van der Waals surface area contributed by atoms with Crippen LogP contribution in [0.2, 0.25) is 25.7 Å². The van der Waals surface area contributed by atoms with Gasteiger partial charge in [0.25, 0.3) is 0 Å². The molecule has 0 spiro atoms. The van der Waals surface area contributed by atoms with E-state index < -0.39 is 20.1 Å². The molecule has 7 nitrogen and oxygen atoms in total. The van der Waals surface area contributed by atoms with Gasteiger partial charge in [0, 0.05) is 28.0 Å². The molecule has 0 saturated heterocycles. The standard InChI is InChI=1S/C15H26BrN3O4Si/c1-11(20)18-12(15(21)22-2)8-13-14(16)17-9-19(13)10-23-6-7-24(3,4)5/h9,12H,6-8,10H2,1-5H3,(H,18,20)/t12-/m0/s1. The highest BCUT2D eigenvalue weighted by Gasteiger charge is 2.24. The third kappa shape index (κ3) is 7.14. The van der Waals surface area contributed by atoms with Crippen molar-refractivity contribution in [1.82, 2.24) is 14.9 Å². The summed E-state index contributed by atoms with van der Waals surface area (Å²) in [6, 6.07) is 0.316. The van der Waals surface area contributed by atoms with E-state index in [0.29, 0.717) is 17.9 Å². The molecule has 1 amide bonds. The third-order valence-corrected chi connectivity index (χ3v) is 5.75. The number of halogens is 1. The Hall–Kier alpha value is -1.19. The smallest absolute Gasteiger partial charge is 0.328 e. The summed E-state index contributed by atoms with van der Waals surface area (Å²) in [4.78, 5) is 27.4. The molecule has 0 bridgehead atoms. The lowest BCUT2D eigenvalue weighted by molar-refractivity contribution is -0.144. The van der Waals surface area contributed by atoms with Gasteiger partial charge in [-0.25, -0.2) is 9.78 Å². The summed E-state index contributed by atoms with van der Waals surface area (Å²) in [6.45, 7) is 9.29. The van der Waals surface area contributed by atoms with Crippen LogP contribution in [0.1, 0.15) is 12.6 Å². The summed E-state index contributed by atoms with van der Waals surface area (Å²) in [5.41, 5.74) is 0.771. The summed E-state index contributed by atoms with van der Waals surface area (Å²) in [5, 5.41) is 2.60. The number of esters is 1. The van der Waals surface area contributed by atoms with E-state index in [4.69, 9.17) is 9.47 Å². The summed E-state index contributed by atoms with van der Waals surface area (Å²) in [6.07, 6.45) is 1.92. The minimum Gasteiger partial charge on any atom is -0.467 e. The van der Waals surface area contributed by atoms with Crippen LogP contribution in [0.15, 0.2) is 10.9 Å². The number of nitrogens with zero attached hydrogens (tertiary/aromatic N) is 2. The molecule has 136 valence electrons. The highest BCUT2D eigenvalue weighted by atomic mass is 79.9. The van der Waals surface area contributed by atoms with Gasteiger partial charge < -0.3 is 19.4 Å². The Labute approximate surface area is 152 Å². The number of amides is 1. The second-order valence-electron chi connectivity index (χ2n) is 6.78. The molecule has 1 rings (SSSR count). The maximum absolute atomic E-state index is 11.9. The van der Waals surface area contributed by atoms with E-state index in [9.17, 15) is 9.59 Å². The monoisotopic (exact) mass is 419 g/mol. The molecule has 0 aliphatic rings. The Morgan fingerprint density at radius 3 is 2.62 bits per heavy atom. The molecule has 1 atom stereocenters. The van der Waals surface area contributed by atoms with Crippen LogP contribution in [0.25, 0.3) is 0 Å². The second kappa shape index (κ2) is 9.33. The minimum absolute atomic E-state index is 0.268. The van der Waals surface area contributed by atoms with Crippen molar-refractivity contribution >= 4 is 35.9 Å². The third-order valence-electron chi connectivity index (χ3n) is 3.38. The van der Waals surface area contributed by atoms with Gasteiger partial charge in [-0.05, 0) is 22.0 Å². The van der Waals surface area contributed by atoms with Crippen molar-refractivity contribution < 1.29 is 19.1 Å². The van der Waals surface area contributed by atoms with Crippen LogP contribution < -0.4 is 5.32 Å². The Balaban J connectivity index is 2.74. The van der Waals surface area contributed by atoms with Crippen molar-refractivity contribution in [2.24, 2.45) is 0 Å². The van der Waals surface area contributed by atoms with Crippen molar-refractivity contribution in [3.63, 3.8) is 0 Å². The number of carbonyl (C=O) groups excluding carboxylic acids is 2. The number of hydrogen-bond acceptors (Lipinski definition) is 5. The van der Waals surface area contributed by atoms with Gasteiger partial charge in [-0.1, -0.05) is 19.6 Å². The topological polar surface area (TPSA) is 82.4 Å². The van der Waals surface area contributed by atoms with Gasteiger partial charge in [-0.3, -0.25) is 4.79 Å². The van der Waals surface area contributed by atoms with Crippen molar-refractivity contribution in [2.75, 3.05) is 13.7 Å². The van der Waals surface area contributed by atoms with Gasteiger partial charge in [0.2, 0.25) is 5.91 Å². The van der Waals surface area contributed by atoms with E-state index in [1.165, 1.54) is 14.0 Å². The number of methoxy groups -OCH3 is 1. The number of rotatable bonds is 9. The largest absolute Gasteiger partial charge is 0.467 e. The Kier molecular flexibility index (Phi) is 8.11. The predicted octanol–water partition coefficient (Wildman–Crippen LogP) is 2.18. The van der Waals surface area contributed by atoms with Gasteiger partial charge in [-0.2, -0.15) is 0 Å². The Morgan fingerprint density at radius 1 is 1.42 bits per heavy atom. The number of aromatic nitrogens is 2. The SMILES string of the molecule is COC(=O)[C@H](Cc1c(Br)ncn1COCC[Si](C)(C)C)NC(C)=O. The van der Waals surface area contributed by atoms with Crippen molar-refractivity contribution in [3.05, 3.63) is 16.6 Å². The van der Waals surface area contributed by atoms with Crippen LogP contribution >= 0.6 is 15.9 Å². The van der Waals surface area contributed by atoms with Gasteiger partial charge >= 0.3 is 5.97 Å². The molecule has 1 aromatic rings. The van der Waals surface area contributed by atoms with Crippen LogP contribution in [0.3, 0.4) is 0 Å². The molecule has 24 heavy (non-hydrogen) atoms. The Bertz CT molecular complexity index is 572. The number of imidazole rings is 1. The van der Waals surface area contributed by atoms with E-state index >= 15 is 0 Å². The second-order valence-corrected chi connectivity index (χ2v) is 13.2. The van der Waals surface area contributed by atoms with Crippen LogP contribution in [0.5, 0.6) is 0 Å². The molecule has 0 aromatic carbocycles. The predicted molar refractivity (Wildman–Crippen MR) is 97.4 cm³/mol. The van der Waals surface area contributed by atoms with E-state index in [1.54, 1.807) is 6.33 Å². The average molecular weight is 420 g/mol. The first kappa shape index (κ1) is 20.9. The first-order chi connectivity index (χ1) is 11.1. The van der Waals surface area contributed by atoms with Crippen molar-refractivity contribution in [1.29, 1.82) is 0 Å². The molecule has 1 N–H and O–H groups in total. The molecule has 9 heteroatoms. The first-order valence-corrected chi connectivity index (χ1v) is 12.3. The lowest BCUT2D eigenvalue weighted by Gasteiger charge is -2.18. The van der Waals surface area contributed by atoms with Crippen molar-refractivity contribution in [3.8, 4) is 0 Å².